The standard InChI is InChI=1S/C15H17BrN2/c1-2-18(12-14-5-3-4-10-17-14)15-8-6-13(11-16)7-9-15/h3-10H,2,11-12H2,1H3. The quantitative estimate of drug-likeness (QED) is 0.776. The van der Waals surface area contributed by atoms with Gasteiger partial charge >= 0.3 is 0 Å². The Bertz CT molecular complexity index is 468. The van der Waals surface area contributed by atoms with E-state index in [2.05, 4.69) is 63.1 Å². The second-order valence-electron chi connectivity index (χ2n) is 4.14. The van der Waals surface area contributed by atoms with Gasteiger partial charge in [0.2, 0.25) is 0 Å². The highest BCUT2D eigenvalue weighted by Gasteiger charge is 2.05. The Balaban J connectivity index is 2.12. The van der Waals surface area contributed by atoms with E-state index in [9.17, 15) is 0 Å². The van der Waals surface area contributed by atoms with Gasteiger partial charge in [-0.25, -0.2) is 0 Å². The highest BCUT2D eigenvalue weighted by Crippen LogP contribution is 2.18. The molecule has 0 bridgehead atoms. The lowest BCUT2D eigenvalue weighted by Gasteiger charge is -2.22. The largest absolute Gasteiger partial charge is 0.366 e. The van der Waals surface area contributed by atoms with Crippen LogP contribution in [-0.4, -0.2) is 11.5 Å². The average molecular weight is 305 g/mol. The molecule has 0 atom stereocenters. The van der Waals surface area contributed by atoms with Gasteiger partial charge in [0, 0.05) is 23.8 Å². The van der Waals surface area contributed by atoms with E-state index >= 15 is 0 Å². The SMILES string of the molecule is CCN(Cc1ccccn1)c1ccc(CBr)cc1. The predicted octanol–water partition coefficient (Wildman–Crippen LogP) is 4.00. The summed E-state index contributed by atoms with van der Waals surface area (Å²) in [5.74, 6) is 0. The summed E-state index contributed by atoms with van der Waals surface area (Å²) in [4.78, 5) is 6.70. The summed E-state index contributed by atoms with van der Waals surface area (Å²) in [5.41, 5.74) is 3.64. The Morgan fingerprint density at radius 1 is 1.11 bits per heavy atom. The van der Waals surface area contributed by atoms with Gasteiger partial charge in [-0.2, -0.15) is 0 Å². The summed E-state index contributed by atoms with van der Waals surface area (Å²) in [6.45, 7) is 4.00. The number of hydrogen-bond acceptors (Lipinski definition) is 2. The number of halogens is 1. The van der Waals surface area contributed by atoms with E-state index < -0.39 is 0 Å². The van der Waals surface area contributed by atoms with E-state index in [0.717, 1.165) is 24.1 Å². The molecule has 0 fully saturated rings. The van der Waals surface area contributed by atoms with Crippen molar-refractivity contribution in [3.05, 3.63) is 59.9 Å². The van der Waals surface area contributed by atoms with E-state index in [1.807, 2.05) is 18.3 Å². The molecule has 0 saturated heterocycles. The normalized spacial score (nSPS) is 10.3. The van der Waals surface area contributed by atoms with Gasteiger partial charge in [0.25, 0.3) is 0 Å². The third-order valence-electron chi connectivity index (χ3n) is 2.92. The van der Waals surface area contributed by atoms with Crippen LogP contribution in [0.4, 0.5) is 5.69 Å². The average Bonchev–Trinajstić information content (AvgIpc) is 2.46. The molecular formula is C15H17BrN2. The first-order valence-corrected chi connectivity index (χ1v) is 7.25. The molecule has 0 spiro atoms. The van der Waals surface area contributed by atoms with Crippen LogP contribution in [0.5, 0.6) is 0 Å². The third-order valence-corrected chi connectivity index (χ3v) is 3.56. The zero-order chi connectivity index (χ0) is 12.8. The van der Waals surface area contributed by atoms with Crippen LogP contribution < -0.4 is 4.90 Å². The van der Waals surface area contributed by atoms with Crippen LogP contribution in [0.15, 0.2) is 48.7 Å². The maximum absolute atomic E-state index is 4.38. The monoisotopic (exact) mass is 304 g/mol. The van der Waals surface area contributed by atoms with Crippen molar-refractivity contribution in [2.24, 2.45) is 0 Å². The minimum Gasteiger partial charge on any atom is -0.366 e. The molecule has 0 radical (unpaired) electrons. The molecule has 1 aromatic carbocycles. The van der Waals surface area contributed by atoms with E-state index in [1.54, 1.807) is 0 Å². The molecule has 2 aromatic rings. The van der Waals surface area contributed by atoms with Crippen LogP contribution in [0.25, 0.3) is 0 Å². The van der Waals surface area contributed by atoms with Crippen molar-refractivity contribution < 1.29 is 0 Å². The number of benzene rings is 1. The number of rotatable bonds is 5. The van der Waals surface area contributed by atoms with Crippen LogP contribution in [0.1, 0.15) is 18.2 Å². The Morgan fingerprint density at radius 2 is 1.89 bits per heavy atom. The Kier molecular flexibility index (Phi) is 4.76. The topological polar surface area (TPSA) is 16.1 Å². The number of alkyl halides is 1. The number of pyridine rings is 1. The zero-order valence-corrected chi connectivity index (χ0v) is 12.1. The summed E-state index contributed by atoms with van der Waals surface area (Å²) < 4.78 is 0. The van der Waals surface area contributed by atoms with E-state index in [1.165, 1.54) is 11.3 Å². The van der Waals surface area contributed by atoms with Crippen LogP contribution in [0.2, 0.25) is 0 Å². The van der Waals surface area contributed by atoms with Gasteiger partial charge in [0.05, 0.1) is 12.2 Å². The molecule has 3 heteroatoms. The molecule has 2 nitrogen and oxygen atoms in total. The summed E-state index contributed by atoms with van der Waals surface area (Å²) in [5, 5.41) is 0.902. The molecule has 1 heterocycles. The smallest absolute Gasteiger partial charge is 0.0601 e. The summed E-state index contributed by atoms with van der Waals surface area (Å²) in [6.07, 6.45) is 1.84. The zero-order valence-electron chi connectivity index (χ0n) is 10.5. The molecule has 94 valence electrons. The number of anilines is 1. The first-order valence-electron chi connectivity index (χ1n) is 6.13. The highest BCUT2D eigenvalue weighted by molar-refractivity contribution is 9.08. The van der Waals surface area contributed by atoms with Crippen LogP contribution >= 0.6 is 15.9 Å². The van der Waals surface area contributed by atoms with Crippen LogP contribution in [-0.2, 0) is 11.9 Å². The van der Waals surface area contributed by atoms with E-state index in [4.69, 9.17) is 0 Å². The van der Waals surface area contributed by atoms with Crippen LogP contribution in [0.3, 0.4) is 0 Å². The van der Waals surface area contributed by atoms with Gasteiger partial charge in [-0.05, 0) is 36.8 Å². The third kappa shape index (κ3) is 3.33. The molecular weight excluding hydrogens is 288 g/mol. The summed E-state index contributed by atoms with van der Waals surface area (Å²) in [7, 11) is 0. The molecule has 18 heavy (non-hydrogen) atoms. The number of hydrogen-bond donors (Lipinski definition) is 0. The van der Waals surface area contributed by atoms with Gasteiger partial charge in [-0.15, -0.1) is 0 Å². The molecule has 0 aliphatic carbocycles. The molecule has 0 aliphatic heterocycles. The minimum absolute atomic E-state index is 0.852. The van der Waals surface area contributed by atoms with Gasteiger partial charge in [0.15, 0.2) is 0 Å². The second kappa shape index (κ2) is 6.55. The lowest BCUT2D eigenvalue weighted by molar-refractivity contribution is 0.809. The lowest BCUT2D eigenvalue weighted by Crippen LogP contribution is -2.22. The lowest BCUT2D eigenvalue weighted by atomic mass is 10.2. The molecule has 0 amide bonds. The summed E-state index contributed by atoms with van der Waals surface area (Å²) >= 11 is 3.47. The molecule has 0 aliphatic rings. The van der Waals surface area contributed by atoms with Crippen LogP contribution in [0, 0.1) is 0 Å². The fourth-order valence-corrected chi connectivity index (χ4v) is 2.24. The maximum atomic E-state index is 4.38. The van der Waals surface area contributed by atoms with Gasteiger partial charge in [0.1, 0.15) is 0 Å². The molecule has 0 N–H and O–H groups in total. The predicted molar refractivity (Wildman–Crippen MR) is 80.0 cm³/mol. The number of aromatic nitrogens is 1. The van der Waals surface area contributed by atoms with Crippen molar-refractivity contribution in [3.8, 4) is 0 Å². The summed E-state index contributed by atoms with van der Waals surface area (Å²) in [6, 6.07) is 14.7. The minimum atomic E-state index is 0.852. The van der Waals surface area contributed by atoms with E-state index in [0.29, 0.717) is 0 Å². The fourth-order valence-electron chi connectivity index (χ4n) is 1.87. The van der Waals surface area contributed by atoms with Crippen molar-refractivity contribution in [1.29, 1.82) is 0 Å². The van der Waals surface area contributed by atoms with E-state index in [-0.39, 0.29) is 0 Å². The van der Waals surface area contributed by atoms with Crippen molar-refractivity contribution >= 4 is 21.6 Å². The Morgan fingerprint density at radius 3 is 2.44 bits per heavy atom. The first-order chi connectivity index (χ1) is 8.83. The van der Waals surface area contributed by atoms with Crippen molar-refractivity contribution in [3.63, 3.8) is 0 Å². The first kappa shape index (κ1) is 13.1. The second-order valence-corrected chi connectivity index (χ2v) is 4.70. The fraction of sp³-hybridized carbons (Fsp3) is 0.267. The molecule has 2 rings (SSSR count). The van der Waals surface area contributed by atoms with Gasteiger partial charge < -0.3 is 4.90 Å². The molecule has 1 aromatic heterocycles. The van der Waals surface area contributed by atoms with Crippen molar-refractivity contribution in [1.82, 2.24) is 4.98 Å². The van der Waals surface area contributed by atoms with Gasteiger partial charge in [-0.1, -0.05) is 34.1 Å². The molecule has 0 saturated carbocycles. The van der Waals surface area contributed by atoms with Crippen molar-refractivity contribution in [2.75, 3.05) is 11.4 Å². The maximum Gasteiger partial charge on any atom is 0.0601 e. The molecule has 0 unspecified atom stereocenters. The highest BCUT2D eigenvalue weighted by atomic mass is 79.9. The van der Waals surface area contributed by atoms with Gasteiger partial charge in [-0.3, -0.25) is 4.98 Å². The Labute approximate surface area is 117 Å². The van der Waals surface area contributed by atoms with Crippen molar-refractivity contribution in [2.45, 2.75) is 18.8 Å². The Hall–Kier alpha value is -1.35. The number of nitrogens with zero attached hydrogens (tertiary/aromatic N) is 2.